The Morgan fingerprint density at radius 2 is 2.33 bits per heavy atom. The van der Waals surface area contributed by atoms with Crippen LogP contribution in [-0.4, -0.2) is 37.8 Å². The zero-order valence-corrected chi connectivity index (χ0v) is 14.3. The number of nitrogens with two attached hydrogens (primary N) is 1. The van der Waals surface area contributed by atoms with Crippen molar-refractivity contribution in [1.29, 1.82) is 0 Å². The van der Waals surface area contributed by atoms with E-state index in [4.69, 9.17) is 10.5 Å². The Balaban J connectivity index is 2.32. The molecule has 6 nitrogen and oxygen atoms in total. The third-order valence-corrected chi connectivity index (χ3v) is 4.60. The van der Waals surface area contributed by atoms with Gasteiger partial charge in [0.15, 0.2) is 5.13 Å². The molecule has 3 N–H and O–H groups in total. The second-order valence-corrected chi connectivity index (χ2v) is 6.16. The summed E-state index contributed by atoms with van der Waals surface area (Å²) in [6, 6.07) is 3.44. The molecule has 0 atom stereocenters. The zero-order valence-electron chi connectivity index (χ0n) is 11.9. The van der Waals surface area contributed by atoms with Gasteiger partial charge in [-0.2, -0.15) is 0 Å². The Morgan fingerprint density at radius 1 is 1.57 bits per heavy atom. The molecule has 0 radical (unpaired) electrons. The molecule has 0 saturated carbocycles. The molecule has 2 amide bonds. The predicted molar refractivity (Wildman–Crippen MR) is 90.3 cm³/mol. The van der Waals surface area contributed by atoms with Gasteiger partial charge < -0.3 is 15.8 Å². The number of primary amides is 1. The fourth-order valence-electron chi connectivity index (χ4n) is 1.86. The predicted octanol–water partition coefficient (Wildman–Crippen LogP) is 3.02. The van der Waals surface area contributed by atoms with Crippen LogP contribution in [0.3, 0.4) is 0 Å². The Morgan fingerprint density at radius 3 is 2.95 bits per heavy atom. The van der Waals surface area contributed by atoms with E-state index < -0.39 is 6.03 Å². The molecule has 0 aliphatic carbocycles. The number of nitrogens with one attached hydrogen (secondary N) is 1. The van der Waals surface area contributed by atoms with E-state index in [2.05, 4.69) is 26.2 Å². The highest BCUT2D eigenvalue weighted by Gasteiger charge is 2.16. The minimum absolute atomic E-state index is 0.492. The van der Waals surface area contributed by atoms with Crippen LogP contribution in [0.2, 0.25) is 0 Å². The van der Waals surface area contributed by atoms with Crippen LogP contribution in [0.4, 0.5) is 15.6 Å². The van der Waals surface area contributed by atoms with Crippen molar-refractivity contribution in [3.05, 3.63) is 16.6 Å². The maximum absolute atomic E-state index is 11.4. The zero-order chi connectivity index (χ0) is 15.4. The minimum Gasteiger partial charge on any atom is -0.383 e. The van der Waals surface area contributed by atoms with E-state index in [1.165, 1.54) is 16.2 Å². The highest BCUT2D eigenvalue weighted by molar-refractivity contribution is 9.10. The van der Waals surface area contributed by atoms with Crippen LogP contribution in [0.15, 0.2) is 16.6 Å². The van der Waals surface area contributed by atoms with Gasteiger partial charge in [-0.25, -0.2) is 9.78 Å². The lowest BCUT2D eigenvalue weighted by Crippen LogP contribution is -2.35. The molecule has 114 valence electrons. The van der Waals surface area contributed by atoms with Gasteiger partial charge in [-0.15, -0.1) is 0 Å². The largest absolute Gasteiger partial charge is 0.383 e. The number of hydrogen-bond acceptors (Lipinski definition) is 5. The van der Waals surface area contributed by atoms with Crippen molar-refractivity contribution < 1.29 is 9.53 Å². The first-order chi connectivity index (χ1) is 10.1. The van der Waals surface area contributed by atoms with Crippen molar-refractivity contribution in [2.45, 2.75) is 6.92 Å². The van der Waals surface area contributed by atoms with Crippen molar-refractivity contribution in [2.75, 3.05) is 37.0 Å². The second-order valence-electron chi connectivity index (χ2n) is 4.30. The standard InChI is InChI=1S/C13H17BrN4O2S/c1-3-18(12(15)19)13-17-10-6-8(14)9(7-11(10)21-13)16-4-5-20-2/h6-7,16H,3-5H2,1-2H3,(H2,15,19). The number of amides is 2. The lowest BCUT2D eigenvalue weighted by molar-refractivity contribution is 0.211. The molecule has 0 unspecified atom stereocenters. The van der Waals surface area contributed by atoms with Crippen molar-refractivity contribution >= 4 is 54.3 Å². The first-order valence-electron chi connectivity index (χ1n) is 6.46. The third kappa shape index (κ3) is 3.63. The molecule has 0 aliphatic heterocycles. The Hall–Kier alpha value is -1.38. The van der Waals surface area contributed by atoms with E-state index in [1.54, 1.807) is 7.11 Å². The summed E-state index contributed by atoms with van der Waals surface area (Å²) in [4.78, 5) is 17.3. The number of carbonyl (C=O) groups is 1. The summed E-state index contributed by atoms with van der Waals surface area (Å²) in [6.07, 6.45) is 0. The topological polar surface area (TPSA) is 80.5 Å². The number of ether oxygens (including phenoxy) is 1. The quantitative estimate of drug-likeness (QED) is 0.763. The van der Waals surface area contributed by atoms with Crippen molar-refractivity contribution in [3.8, 4) is 0 Å². The summed E-state index contributed by atoms with van der Waals surface area (Å²) in [5.41, 5.74) is 7.16. The van der Waals surface area contributed by atoms with Gasteiger partial charge in [0.05, 0.1) is 22.5 Å². The Bertz CT molecular complexity index is 646. The van der Waals surface area contributed by atoms with Gasteiger partial charge in [0.25, 0.3) is 0 Å². The number of carbonyl (C=O) groups excluding carboxylic acids is 1. The summed E-state index contributed by atoms with van der Waals surface area (Å²) in [5.74, 6) is 0. The first kappa shape index (κ1) is 16.0. The van der Waals surface area contributed by atoms with E-state index in [9.17, 15) is 4.79 Å². The molecular formula is C13H17BrN4O2S. The van der Waals surface area contributed by atoms with Gasteiger partial charge in [0, 0.05) is 24.7 Å². The summed E-state index contributed by atoms with van der Waals surface area (Å²) < 4.78 is 6.94. The highest BCUT2D eigenvalue weighted by atomic mass is 79.9. The average Bonchev–Trinajstić information content (AvgIpc) is 2.81. The molecule has 0 bridgehead atoms. The number of hydrogen-bond donors (Lipinski definition) is 2. The smallest absolute Gasteiger partial charge is 0.321 e. The molecule has 0 aliphatic rings. The number of halogens is 1. The van der Waals surface area contributed by atoms with Crippen molar-refractivity contribution in [3.63, 3.8) is 0 Å². The van der Waals surface area contributed by atoms with E-state index in [0.29, 0.717) is 24.8 Å². The lowest BCUT2D eigenvalue weighted by atomic mass is 10.3. The van der Waals surface area contributed by atoms with Crippen LogP contribution in [0.5, 0.6) is 0 Å². The second kappa shape index (κ2) is 7.06. The summed E-state index contributed by atoms with van der Waals surface area (Å²) >= 11 is 4.96. The van der Waals surface area contributed by atoms with Crippen LogP contribution in [0.1, 0.15) is 6.92 Å². The van der Waals surface area contributed by atoms with Crippen LogP contribution in [-0.2, 0) is 4.74 Å². The van der Waals surface area contributed by atoms with Crippen molar-refractivity contribution in [2.24, 2.45) is 5.73 Å². The maximum atomic E-state index is 11.4. The SMILES string of the molecule is CCN(C(N)=O)c1nc2cc(Br)c(NCCOC)cc2s1. The number of urea groups is 1. The van der Waals surface area contributed by atoms with E-state index in [0.717, 1.165) is 20.4 Å². The minimum atomic E-state index is -0.492. The average molecular weight is 373 g/mol. The summed E-state index contributed by atoms with van der Waals surface area (Å²) in [6.45, 7) is 3.71. The number of aromatic nitrogens is 1. The molecule has 2 rings (SSSR count). The van der Waals surface area contributed by atoms with E-state index >= 15 is 0 Å². The number of rotatable bonds is 6. The number of fused-ring (bicyclic) bond motifs is 1. The summed E-state index contributed by atoms with van der Waals surface area (Å²) in [7, 11) is 1.67. The molecule has 1 aromatic carbocycles. The first-order valence-corrected chi connectivity index (χ1v) is 8.07. The van der Waals surface area contributed by atoms with Crippen molar-refractivity contribution in [1.82, 2.24) is 4.98 Å². The van der Waals surface area contributed by atoms with E-state index in [-0.39, 0.29) is 0 Å². The van der Waals surface area contributed by atoms with Crippen LogP contribution < -0.4 is 16.0 Å². The van der Waals surface area contributed by atoms with E-state index in [1.807, 2.05) is 19.1 Å². The fraction of sp³-hybridized carbons (Fsp3) is 0.385. The lowest BCUT2D eigenvalue weighted by Gasteiger charge is -2.13. The molecule has 0 fully saturated rings. The molecule has 21 heavy (non-hydrogen) atoms. The number of nitrogens with zero attached hydrogens (tertiary/aromatic N) is 2. The van der Waals surface area contributed by atoms with Gasteiger partial charge in [-0.05, 0) is 35.0 Å². The van der Waals surface area contributed by atoms with Gasteiger partial charge >= 0.3 is 6.03 Å². The number of benzene rings is 1. The molecular weight excluding hydrogens is 356 g/mol. The van der Waals surface area contributed by atoms with Gasteiger partial charge in [0.2, 0.25) is 0 Å². The highest BCUT2D eigenvalue weighted by Crippen LogP contribution is 2.34. The third-order valence-electron chi connectivity index (χ3n) is 2.90. The molecule has 0 spiro atoms. The van der Waals surface area contributed by atoms with Gasteiger partial charge in [-0.1, -0.05) is 11.3 Å². The maximum Gasteiger partial charge on any atom is 0.321 e. The number of methoxy groups -OCH3 is 1. The number of anilines is 2. The summed E-state index contributed by atoms with van der Waals surface area (Å²) in [5, 5.41) is 3.89. The molecule has 2 aromatic rings. The van der Waals surface area contributed by atoms with Gasteiger partial charge in [0.1, 0.15) is 0 Å². The fourth-order valence-corrected chi connectivity index (χ4v) is 3.39. The molecule has 1 aromatic heterocycles. The Kier molecular flexibility index (Phi) is 5.38. The van der Waals surface area contributed by atoms with Gasteiger partial charge in [-0.3, -0.25) is 4.90 Å². The molecule has 1 heterocycles. The van der Waals surface area contributed by atoms with Crippen LogP contribution >= 0.6 is 27.3 Å². The molecule has 8 heteroatoms. The molecule has 0 saturated heterocycles. The van der Waals surface area contributed by atoms with Crippen LogP contribution in [0, 0.1) is 0 Å². The monoisotopic (exact) mass is 372 g/mol. The van der Waals surface area contributed by atoms with Crippen LogP contribution in [0.25, 0.3) is 10.2 Å². The normalized spacial score (nSPS) is 10.8. The Labute approximate surface area is 135 Å². The number of thiazole rings is 1.